The van der Waals surface area contributed by atoms with Crippen LogP contribution in [0.4, 0.5) is 14.6 Å². The van der Waals surface area contributed by atoms with Crippen molar-refractivity contribution in [3.63, 3.8) is 0 Å². The Morgan fingerprint density at radius 3 is 2.74 bits per heavy atom. The molecule has 4 heterocycles. The molecule has 0 radical (unpaired) electrons. The zero-order valence-electron chi connectivity index (χ0n) is 19.1. The van der Waals surface area contributed by atoms with Gasteiger partial charge < -0.3 is 15.3 Å². The highest BCUT2D eigenvalue weighted by Gasteiger charge is 2.48. The van der Waals surface area contributed by atoms with Gasteiger partial charge in [-0.1, -0.05) is 6.07 Å². The molecule has 2 aromatic heterocycles. The predicted molar refractivity (Wildman–Crippen MR) is 124 cm³/mol. The predicted octanol–water partition coefficient (Wildman–Crippen LogP) is 2.34. The number of piperidine rings is 1. The third kappa shape index (κ3) is 3.93. The highest BCUT2D eigenvalue weighted by atomic mass is 19.1. The summed E-state index contributed by atoms with van der Waals surface area (Å²) in [7, 11) is 1.41. The van der Waals surface area contributed by atoms with E-state index >= 15 is 4.39 Å². The molecular formula is C24H25F2N7O2. The van der Waals surface area contributed by atoms with Crippen molar-refractivity contribution < 1.29 is 13.9 Å². The van der Waals surface area contributed by atoms with Gasteiger partial charge in [-0.15, -0.1) is 10.2 Å². The number of aryl methyl sites for hydroxylation is 1. The Morgan fingerprint density at radius 1 is 1.20 bits per heavy atom. The normalized spacial score (nSPS) is 25.6. The molecule has 1 saturated carbocycles. The zero-order valence-corrected chi connectivity index (χ0v) is 19.1. The first kappa shape index (κ1) is 22.0. The third-order valence-electron chi connectivity index (χ3n) is 7.22. The number of nitrogens with one attached hydrogen (secondary N) is 1. The summed E-state index contributed by atoms with van der Waals surface area (Å²) in [5.74, 6) is -0.156. The van der Waals surface area contributed by atoms with Crippen LogP contribution in [-0.2, 0) is 7.05 Å². The molecule has 3 aliphatic rings. The molecule has 0 amide bonds. The Labute approximate surface area is 199 Å². The second-order valence-electron chi connectivity index (χ2n) is 9.64. The van der Waals surface area contributed by atoms with Gasteiger partial charge in [0.05, 0.1) is 17.8 Å². The minimum absolute atomic E-state index is 0.111. The number of nitrogens with zero attached hydrogens (tertiary/aromatic N) is 6. The molecule has 11 heteroatoms. The minimum Gasteiger partial charge on any atom is -0.507 e. The van der Waals surface area contributed by atoms with E-state index in [2.05, 4.69) is 25.5 Å². The van der Waals surface area contributed by atoms with Gasteiger partial charge in [0.25, 0.3) is 0 Å². The van der Waals surface area contributed by atoms with Crippen LogP contribution in [-0.4, -0.2) is 60.2 Å². The molecule has 2 aliphatic heterocycles. The molecule has 3 fully saturated rings. The highest BCUT2D eigenvalue weighted by Crippen LogP contribution is 2.40. The number of aromatic hydroxyl groups is 1. The number of phenolic OH excluding ortho intramolecular Hbond substituents is 1. The molecule has 0 spiro atoms. The van der Waals surface area contributed by atoms with Crippen LogP contribution in [0.25, 0.3) is 22.6 Å². The maximum Gasteiger partial charge on any atom is 0.348 e. The van der Waals surface area contributed by atoms with E-state index in [1.165, 1.54) is 25.2 Å². The van der Waals surface area contributed by atoms with Gasteiger partial charge in [-0.2, -0.15) is 4.98 Å². The summed E-state index contributed by atoms with van der Waals surface area (Å²) in [6.45, 7) is 0. The third-order valence-corrected chi connectivity index (χ3v) is 7.22. The number of anilines is 1. The van der Waals surface area contributed by atoms with Crippen molar-refractivity contribution in [1.82, 2.24) is 30.0 Å². The van der Waals surface area contributed by atoms with Gasteiger partial charge >= 0.3 is 5.69 Å². The molecule has 6 rings (SSSR count). The number of fused-ring (bicyclic) bond motifs is 2. The lowest BCUT2D eigenvalue weighted by Crippen LogP contribution is -2.57. The summed E-state index contributed by atoms with van der Waals surface area (Å²) < 4.78 is 30.6. The van der Waals surface area contributed by atoms with Crippen molar-refractivity contribution in [1.29, 1.82) is 0 Å². The first-order chi connectivity index (χ1) is 16.9. The van der Waals surface area contributed by atoms with Gasteiger partial charge in [0.1, 0.15) is 17.6 Å². The van der Waals surface area contributed by atoms with E-state index in [0.29, 0.717) is 17.4 Å². The lowest BCUT2D eigenvalue weighted by Gasteiger charge is -2.40. The van der Waals surface area contributed by atoms with Crippen LogP contribution in [0, 0.1) is 5.82 Å². The number of hydrogen-bond donors (Lipinski definition) is 2. The number of hydrogen-bond acceptors (Lipinski definition) is 8. The van der Waals surface area contributed by atoms with Crippen LogP contribution in [0.15, 0.2) is 35.4 Å². The van der Waals surface area contributed by atoms with Crippen molar-refractivity contribution in [3.8, 4) is 28.4 Å². The van der Waals surface area contributed by atoms with E-state index in [9.17, 15) is 14.3 Å². The van der Waals surface area contributed by atoms with Crippen LogP contribution in [0.3, 0.4) is 0 Å². The van der Waals surface area contributed by atoms with Crippen LogP contribution >= 0.6 is 0 Å². The number of aromatic nitrogens is 5. The summed E-state index contributed by atoms with van der Waals surface area (Å²) in [6.07, 6.45) is 6.21. The first-order valence-corrected chi connectivity index (χ1v) is 11.8. The van der Waals surface area contributed by atoms with Gasteiger partial charge in [0.2, 0.25) is 0 Å². The van der Waals surface area contributed by atoms with Crippen molar-refractivity contribution in [2.24, 2.45) is 7.05 Å². The van der Waals surface area contributed by atoms with Gasteiger partial charge in [-0.05, 0) is 44.2 Å². The monoisotopic (exact) mass is 481 g/mol. The fraction of sp³-hybridized carbons (Fsp3) is 0.458. The van der Waals surface area contributed by atoms with Crippen LogP contribution in [0.1, 0.15) is 32.1 Å². The van der Waals surface area contributed by atoms with E-state index in [4.69, 9.17) is 0 Å². The van der Waals surface area contributed by atoms with Gasteiger partial charge in [-0.3, -0.25) is 4.57 Å². The van der Waals surface area contributed by atoms with Crippen molar-refractivity contribution >= 4 is 5.82 Å². The van der Waals surface area contributed by atoms with Gasteiger partial charge in [0.15, 0.2) is 17.5 Å². The van der Waals surface area contributed by atoms with E-state index in [1.54, 1.807) is 6.20 Å². The van der Waals surface area contributed by atoms with Gasteiger partial charge in [0, 0.05) is 36.9 Å². The molecule has 1 aromatic carbocycles. The number of phenols is 1. The van der Waals surface area contributed by atoms with Crippen molar-refractivity contribution in [2.75, 3.05) is 4.90 Å². The van der Waals surface area contributed by atoms with Crippen LogP contribution < -0.4 is 15.9 Å². The summed E-state index contributed by atoms with van der Waals surface area (Å²) in [4.78, 5) is 22.0. The van der Waals surface area contributed by atoms with Crippen molar-refractivity contribution in [3.05, 3.63) is 46.9 Å². The quantitative estimate of drug-likeness (QED) is 0.572. The van der Waals surface area contributed by atoms with Crippen LogP contribution in [0.5, 0.6) is 5.75 Å². The van der Waals surface area contributed by atoms with E-state index in [0.717, 1.165) is 42.9 Å². The molecular weight excluding hydrogens is 456 g/mol. The largest absolute Gasteiger partial charge is 0.507 e. The minimum atomic E-state index is -0.976. The molecule has 3 aromatic rings. The average Bonchev–Trinajstić information content (AvgIpc) is 3.59. The first-order valence-electron chi connectivity index (χ1n) is 11.8. The molecule has 9 nitrogen and oxygen atoms in total. The summed E-state index contributed by atoms with van der Waals surface area (Å²) >= 11 is 0. The zero-order chi connectivity index (χ0) is 24.3. The maximum atomic E-state index is 15.3. The Bertz CT molecular complexity index is 1330. The Hall–Kier alpha value is -3.47. The summed E-state index contributed by atoms with van der Waals surface area (Å²) in [6, 6.07) is 4.58. The summed E-state index contributed by atoms with van der Waals surface area (Å²) in [5.41, 5.74) is -0.203. The fourth-order valence-electron chi connectivity index (χ4n) is 5.32. The number of alkyl halides is 1. The van der Waals surface area contributed by atoms with E-state index < -0.39 is 17.7 Å². The van der Waals surface area contributed by atoms with Crippen molar-refractivity contribution in [2.45, 2.75) is 62.4 Å². The number of halogens is 2. The van der Waals surface area contributed by atoms with E-state index in [1.807, 2.05) is 4.90 Å². The Kier molecular flexibility index (Phi) is 5.24. The molecule has 2 saturated heterocycles. The van der Waals surface area contributed by atoms with E-state index in [-0.39, 0.29) is 41.0 Å². The van der Waals surface area contributed by atoms with Crippen LogP contribution in [0.2, 0.25) is 0 Å². The molecule has 2 bridgehead atoms. The topological polar surface area (TPSA) is 109 Å². The maximum absolute atomic E-state index is 15.3. The molecule has 0 unspecified atom stereocenters. The summed E-state index contributed by atoms with van der Waals surface area (Å²) in [5, 5.41) is 22.5. The highest BCUT2D eigenvalue weighted by molar-refractivity contribution is 5.71. The Balaban J connectivity index is 1.28. The molecule has 2 N–H and O–H groups in total. The standard InChI is InChI=1S/C24H25F2N7O2/c1-32-11-16(25)22(29-24(32)35)12-2-6-15(19(34)8-12)23-27-10-20(30-31-23)33(14-4-5-14)18-9-13-3-7-17(28-13)21(18)26/h2,6,8,10-11,13-14,17-18,21,28,34H,3-5,7,9H2,1H3/t13-,17+,18+,21-/m0/s1. The van der Waals surface area contributed by atoms with Gasteiger partial charge in [-0.25, -0.2) is 18.6 Å². The second-order valence-corrected chi connectivity index (χ2v) is 9.64. The number of benzene rings is 1. The Morgan fingerprint density at radius 2 is 2.03 bits per heavy atom. The molecule has 1 aliphatic carbocycles. The smallest absolute Gasteiger partial charge is 0.348 e. The second kappa shape index (κ2) is 8.33. The number of rotatable bonds is 5. The molecule has 35 heavy (non-hydrogen) atoms. The lowest BCUT2D eigenvalue weighted by molar-refractivity contribution is 0.171. The molecule has 4 atom stereocenters. The SMILES string of the molecule is Cn1cc(F)c(-c2ccc(-c3ncc(N(C4CC4)[C@@H]4C[C@@H]5CC[C@@H](N5)[C@@H]4F)nn3)c(O)c2)nc1=O. The molecule has 182 valence electrons. The fourth-order valence-corrected chi connectivity index (χ4v) is 5.32. The lowest BCUT2D eigenvalue weighted by atomic mass is 9.96. The average molecular weight is 482 g/mol.